The third-order valence-electron chi connectivity index (χ3n) is 3.48. The SMILES string of the molecule is Cc1cc(C)cc(C(=O)C2CCCCC2)c1. The Labute approximate surface area is 97.9 Å². The normalized spacial score (nSPS) is 17.4. The molecule has 1 aliphatic rings. The molecule has 0 atom stereocenters. The van der Waals surface area contributed by atoms with E-state index >= 15 is 0 Å². The van der Waals surface area contributed by atoms with E-state index < -0.39 is 0 Å². The van der Waals surface area contributed by atoms with Crippen LogP contribution >= 0.6 is 0 Å². The molecule has 16 heavy (non-hydrogen) atoms. The van der Waals surface area contributed by atoms with Crippen LogP contribution < -0.4 is 0 Å². The average Bonchev–Trinajstić information content (AvgIpc) is 2.28. The molecule has 0 unspecified atom stereocenters. The first-order valence-corrected chi connectivity index (χ1v) is 6.29. The van der Waals surface area contributed by atoms with Gasteiger partial charge in [-0.3, -0.25) is 4.79 Å². The van der Waals surface area contributed by atoms with Crippen molar-refractivity contribution in [2.75, 3.05) is 0 Å². The highest BCUT2D eigenvalue weighted by Crippen LogP contribution is 2.27. The summed E-state index contributed by atoms with van der Waals surface area (Å²) in [6.07, 6.45) is 5.93. The molecule has 1 aromatic rings. The molecule has 1 fully saturated rings. The molecule has 86 valence electrons. The lowest BCUT2D eigenvalue weighted by Gasteiger charge is -2.20. The molecule has 1 nitrogen and oxygen atoms in total. The molecular weight excluding hydrogens is 196 g/mol. The molecule has 1 heteroatoms. The van der Waals surface area contributed by atoms with Gasteiger partial charge < -0.3 is 0 Å². The van der Waals surface area contributed by atoms with Gasteiger partial charge in [-0.05, 0) is 38.8 Å². The van der Waals surface area contributed by atoms with E-state index in [0.717, 1.165) is 18.4 Å². The molecule has 1 aromatic carbocycles. The van der Waals surface area contributed by atoms with Gasteiger partial charge in [0.2, 0.25) is 0 Å². The molecule has 0 aromatic heterocycles. The molecule has 0 N–H and O–H groups in total. The fraction of sp³-hybridized carbons (Fsp3) is 0.533. The van der Waals surface area contributed by atoms with Crippen LogP contribution in [0.3, 0.4) is 0 Å². The molecule has 1 aliphatic carbocycles. The molecule has 0 heterocycles. The number of benzene rings is 1. The molecule has 2 rings (SSSR count). The first-order valence-electron chi connectivity index (χ1n) is 6.29. The number of carbonyl (C=O) groups is 1. The Morgan fingerprint density at radius 1 is 1.00 bits per heavy atom. The van der Waals surface area contributed by atoms with E-state index in [1.165, 1.54) is 30.4 Å². The highest BCUT2D eigenvalue weighted by Gasteiger charge is 2.22. The highest BCUT2D eigenvalue weighted by molar-refractivity contribution is 5.98. The monoisotopic (exact) mass is 216 g/mol. The summed E-state index contributed by atoms with van der Waals surface area (Å²) in [6, 6.07) is 6.19. The van der Waals surface area contributed by atoms with Crippen LogP contribution in [0.4, 0.5) is 0 Å². The van der Waals surface area contributed by atoms with E-state index in [9.17, 15) is 4.79 Å². The minimum absolute atomic E-state index is 0.287. The topological polar surface area (TPSA) is 17.1 Å². The van der Waals surface area contributed by atoms with Crippen molar-refractivity contribution in [3.05, 3.63) is 34.9 Å². The number of hydrogen-bond acceptors (Lipinski definition) is 1. The summed E-state index contributed by atoms with van der Waals surface area (Å²) in [5.41, 5.74) is 3.31. The van der Waals surface area contributed by atoms with E-state index in [-0.39, 0.29) is 5.92 Å². The van der Waals surface area contributed by atoms with Crippen molar-refractivity contribution in [3.63, 3.8) is 0 Å². The molecule has 0 radical (unpaired) electrons. The standard InChI is InChI=1S/C15H20O/c1-11-8-12(2)10-14(9-11)15(16)13-6-4-3-5-7-13/h8-10,13H,3-7H2,1-2H3. The minimum atomic E-state index is 0.287. The molecule has 0 amide bonds. The smallest absolute Gasteiger partial charge is 0.165 e. The summed E-state index contributed by atoms with van der Waals surface area (Å²) in [7, 11) is 0. The lowest BCUT2D eigenvalue weighted by Crippen LogP contribution is -2.18. The summed E-state index contributed by atoms with van der Waals surface area (Å²) in [5.74, 6) is 0.654. The lowest BCUT2D eigenvalue weighted by molar-refractivity contribution is 0.0889. The average molecular weight is 216 g/mol. The van der Waals surface area contributed by atoms with Gasteiger partial charge in [-0.15, -0.1) is 0 Å². The summed E-state index contributed by atoms with van der Waals surface area (Å²) in [6.45, 7) is 4.12. The Balaban J connectivity index is 2.19. The Morgan fingerprint density at radius 2 is 1.56 bits per heavy atom. The van der Waals surface area contributed by atoms with Crippen LogP contribution in [0.15, 0.2) is 18.2 Å². The maximum Gasteiger partial charge on any atom is 0.165 e. The number of rotatable bonds is 2. The van der Waals surface area contributed by atoms with Crippen molar-refractivity contribution >= 4 is 5.78 Å². The van der Waals surface area contributed by atoms with Crippen molar-refractivity contribution in [2.45, 2.75) is 46.0 Å². The van der Waals surface area contributed by atoms with Gasteiger partial charge in [0.05, 0.1) is 0 Å². The third kappa shape index (κ3) is 2.52. The van der Waals surface area contributed by atoms with Gasteiger partial charge in [0.25, 0.3) is 0 Å². The molecular formula is C15H20O. The zero-order chi connectivity index (χ0) is 11.5. The Morgan fingerprint density at radius 3 is 2.12 bits per heavy atom. The fourth-order valence-corrected chi connectivity index (χ4v) is 2.72. The third-order valence-corrected chi connectivity index (χ3v) is 3.48. The largest absolute Gasteiger partial charge is 0.294 e. The summed E-state index contributed by atoms with van der Waals surface area (Å²) < 4.78 is 0. The second kappa shape index (κ2) is 4.82. The first-order chi connectivity index (χ1) is 7.66. The first kappa shape index (κ1) is 11.4. The minimum Gasteiger partial charge on any atom is -0.294 e. The number of hydrogen-bond donors (Lipinski definition) is 0. The molecule has 0 aliphatic heterocycles. The van der Waals surface area contributed by atoms with Gasteiger partial charge in [-0.1, -0.05) is 36.5 Å². The summed E-state index contributed by atoms with van der Waals surface area (Å²) >= 11 is 0. The zero-order valence-corrected chi connectivity index (χ0v) is 10.3. The number of ketones is 1. The number of aryl methyl sites for hydroxylation is 2. The summed E-state index contributed by atoms with van der Waals surface area (Å²) in [5, 5.41) is 0. The van der Waals surface area contributed by atoms with Crippen LogP contribution in [0, 0.1) is 19.8 Å². The van der Waals surface area contributed by atoms with Crippen LogP contribution in [0.5, 0.6) is 0 Å². The van der Waals surface area contributed by atoms with Crippen LogP contribution in [-0.4, -0.2) is 5.78 Å². The van der Waals surface area contributed by atoms with Crippen molar-refractivity contribution < 1.29 is 4.79 Å². The van der Waals surface area contributed by atoms with Crippen molar-refractivity contribution in [3.8, 4) is 0 Å². The second-order valence-electron chi connectivity index (χ2n) is 5.08. The van der Waals surface area contributed by atoms with E-state index in [1.807, 2.05) is 12.1 Å². The summed E-state index contributed by atoms with van der Waals surface area (Å²) in [4.78, 5) is 12.3. The number of carbonyl (C=O) groups excluding carboxylic acids is 1. The van der Waals surface area contributed by atoms with Gasteiger partial charge >= 0.3 is 0 Å². The van der Waals surface area contributed by atoms with Crippen LogP contribution in [-0.2, 0) is 0 Å². The van der Waals surface area contributed by atoms with Gasteiger partial charge in [0.1, 0.15) is 0 Å². The van der Waals surface area contributed by atoms with Gasteiger partial charge in [-0.25, -0.2) is 0 Å². The van der Waals surface area contributed by atoms with Crippen molar-refractivity contribution in [1.29, 1.82) is 0 Å². The fourth-order valence-electron chi connectivity index (χ4n) is 2.72. The van der Waals surface area contributed by atoms with E-state index in [2.05, 4.69) is 19.9 Å². The Kier molecular flexibility index (Phi) is 3.42. The highest BCUT2D eigenvalue weighted by atomic mass is 16.1. The lowest BCUT2D eigenvalue weighted by atomic mass is 9.83. The van der Waals surface area contributed by atoms with E-state index in [4.69, 9.17) is 0 Å². The van der Waals surface area contributed by atoms with E-state index in [0.29, 0.717) is 5.78 Å². The molecule has 1 saturated carbocycles. The van der Waals surface area contributed by atoms with E-state index in [1.54, 1.807) is 0 Å². The van der Waals surface area contributed by atoms with Crippen LogP contribution in [0.2, 0.25) is 0 Å². The molecule has 0 saturated heterocycles. The predicted molar refractivity (Wildman–Crippen MR) is 66.8 cm³/mol. The predicted octanol–water partition coefficient (Wildman–Crippen LogP) is 4.07. The van der Waals surface area contributed by atoms with Crippen molar-refractivity contribution in [2.24, 2.45) is 5.92 Å². The number of Topliss-reactive ketones (excluding diaryl/α,β-unsaturated/α-hetero) is 1. The second-order valence-corrected chi connectivity index (χ2v) is 5.08. The molecule has 0 spiro atoms. The van der Waals surface area contributed by atoms with Gasteiger partial charge in [0, 0.05) is 11.5 Å². The molecule has 0 bridgehead atoms. The maximum atomic E-state index is 12.3. The quantitative estimate of drug-likeness (QED) is 0.681. The maximum absolute atomic E-state index is 12.3. The Hall–Kier alpha value is -1.11. The van der Waals surface area contributed by atoms with Gasteiger partial charge in [-0.2, -0.15) is 0 Å². The van der Waals surface area contributed by atoms with Crippen molar-refractivity contribution in [1.82, 2.24) is 0 Å². The van der Waals surface area contributed by atoms with Gasteiger partial charge in [0.15, 0.2) is 5.78 Å². The van der Waals surface area contributed by atoms with Crippen LogP contribution in [0.1, 0.15) is 53.6 Å². The Bertz CT molecular complexity index is 366. The van der Waals surface area contributed by atoms with Crippen LogP contribution in [0.25, 0.3) is 0 Å². The zero-order valence-electron chi connectivity index (χ0n) is 10.3.